The molecule has 1 aliphatic carbocycles. The van der Waals surface area contributed by atoms with Gasteiger partial charge in [0, 0.05) is 18.0 Å². The van der Waals surface area contributed by atoms with E-state index in [2.05, 4.69) is 4.98 Å². The van der Waals surface area contributed by atoms with Crippen molar-refractivity contribution >= 4 is 33.7 Å². The zero-order valence-electron chi connectivity index (χ0n) is 16.1. The minimum Gasteiger partial charge on any atom is -0.286 e. The lowest BCUT2D eigenvalue weighted by molar-refractivity contribution is 0.105. The molecule has 2 atom stereocenters. The second kappa shape index (κ2) is 7.37. The maximum absolute atomic E-state index is 13.4. The summed E-state index contributed by atoms with van der Waals surface area (Å²) in [7, 11) is 0.621. The first-order chi connectivity index (χ1) is 12.6. The van der Waals surface area contributed by atoms with Gasteiger partial charge in [-0.1, -0.05) is 12.1 Å². The lowest BCUT2D eigenvalue weighted by Crippen LogP contribution is -2.36. The van der Waals surface area contributed by atoms with Gasteiger partial charge in [0.05, 0.1) is 16.5 Å². The molecule has 3 rings (SSSR count). The highest BCUT2D eigenvalue weighted by Gasteiger charge is 2.30. The van der Waals surface area contributed by atoms with Crippen molar-refractivity contribution < 1.29 is 13.4 Å². The quantitative estimate of drug-likeness (QED) is 0.684. The summed E-state index contributed by atoms with van der Waals surface area (Å²) in [5.41, 5.74) is 2.90. The molecule has 2 aromatic rings. The van der Waals surface area contributed by atoms with Gasteiger partial charge in [-0.15, -0.1) is 11.3 Å². The highest BCUT2D eigenvalue weighted by Crippen LogP contribution is 2.33. The van der Waals surface area contributed by atoms with Gasteiger partial charge in [-0.2, -0.15) is 0 Å². The second-order valence-electron chi connectivity index (χ2n) is 7.61. The molecule has 0 saturated carbocycles. The third-order valence-corrected chi connectivity index (χ3v) is 7.35. The van der Waals surface area contributed by atoms with Gasteiger partial charge in [-0.25, -0.2) is 17.9 Å². The summed E-state index contributed by atoms with van der Waals surface area (Å²) in [6, 6.07) is 4.32. The Kier molecular flexibility index (Phi) is 5.47. The first-order valence-corrected chi connectivity index (χ1v) is 10.7. The molecular weight excluding hydrogens is 383 g/mol. The van der Waals surface area contributed by atoms with Crippen molar-refractivity contribution in [2.75, 3.05) is 7.05 Å². The van der Waals surface area contributed by atoms with Crippen LogP contribution in [0.3, 0.4) is 0 Å². The average molecular weight is 407 g/mol. The Morgan fingerprint density at radius 1 is 1.37 bits per heavy atom. The van der Waals surface area contributed by atoms with Gasteiger partial charge in [-0.3, -0.25) is 4.79 Å². The summed E-state index contributed by atoms with van der Waals surface area (Å²) in [6.07, 6.45) is 2.38. The molecular formula is C20H23FN2O2S2. The molecule has 0 saturated heterocycles. The van der Waals surface area contributed by atoms with Crippen LogP contribution in [0.25, 0.3) is 5.57 Å². The van der Waals surface area contributed by atoms with Gasteiger partial charge in [0.1, 0.15) is 16.8 Å². The number of halogens is 1. The normalized spacial score (nSPS) is 16.2. The Hall–Kier alpha value is -1.70. The maximum Gasteiger partial charge on any atom is 0.221 e. The number of aromatic nitrogens is 1. The minimum atomic E-state index is -1.18. The fourth-order valence-corrected chi connectivity index (χ4v) is 5.11. The standard InChI is InChI=1S/C20H23FN2O2S2/c1-12(23(5)27(25)20(2,3)4)17-11-26-19(22-17)18(24)16-8-6-13-10-14(21)7-9-15(13)16/h7-12H,6H2,1-5H3/t12-,27-/m0/s1. The highest BCUT2D eigenvalue weighted by molar-refractivity contribution is 7.84. The van der Waals surface area contributed by atoms with Crippen LogP contribution in [0, 0.1) is 5.82 Å². The number of ketones is 1. The Morgan fingerprint density at radius 3 is 2.74 bits per heavy atom. The van der Waals surface area contributed by atoms with Crippen LogP contribution < -0.4 is 0 Å². The summed E-state index contributed by atoms with van der Waals surface area (Å²) in [5.74, 6) is -0.445. The number of rotatable bonds is 5. The van der Waals surface area contributed by atoms with E-state index >= 15 is 0 Å². The van der Waals surface area contributed by atoms with Crippen molar-refractivity contribution in [3.8, 4) is 0 Å². The first-order valence-electron chi connectivity index (χ1n) is 8.73. The number of hydrogen-bond acceptors (Lipinski definition) is 4. The van der Waals surface area contributed by atoms with E-state index in [-0.39, 0.29) is 22.4 Å². The molecule has 0 N–H and O–H groups in total. The molecule has 0 spiro atoms. The zero-order valence-corrected chi connectivity index (χ0v) is 17.7. The molecule has 0 fully saturated rings. The predicted octanol–water partition coefficient (Wildman–Crippen LogP) is 4.56. The number of allylic oxidation sites excluding steroid dienone is 2. The van der Waals surface area contributed by atoms with Crippen molar-refractivity contribution in [2.45, 2.75) is 44.9 Å². The van der Waals surface area contributed by atoms with Crippen LogP contribution in [0.4, 0.5) is 4.39 Å². The number of Topliss-reactive ketones (excluding diaryl/α,β-unsaturated/α-hetero) is 1. The minimum absolute atomic E-state index is 0.150. The number of fused-ring (bicyclic) bond motifs is 1. The number of hydrogen-bond donors (Lipinski definition) is 0. The molecule has 7 heteroatoms. The largest absolute Gasteiger partial charge is 0.286 e. The van der Waals surface area contributed by atoms with Gasteiger partial charge in [0.25, 0.3) is 0 Å². The predicted molar refractivity (Wildman–Crippen MR) is 109 cm³/mol. The van der Waals surface area contributed by atoms with Crippen LogP contribution in [0.2, 0.25) is 0 Å². The van der Waals surface area contributed by atoms with E-state index < -0.39 is 11.0 Å². The summed E-state index contributed by atoms with van der Waals surface area (Å²) < 4.78 is 27.4. The molecule has 0 aliphatic heterocycles. The third kappa shape index (κ3) is 3.95. The Labute approximate surface area is 165 Å². The zero-order chi connectivity index (χ0) is 19.9. The van der Waals surface area contributed by atoms with E-state index in [1.54, 1.807) is 17.4 Å². The Bertz CT molecular complexity index is 944. The van der Waals surface area contributed by atoms with Crippen molar-refractivity contribution in [1.29, 1.82) is 0 Å². The monoisotopic (exact) mass is 406 g/mol. The highest BCUT2D eigenvalue weighted by atomic mass is 32.2. The van der Waals surface area contributed by atoms with E-state index in [1.807, 2.05) is 39.2 Å². The lowest BCUT2D eigenvalue weighted by Gasteiger charge is -2.29. The molecule has 144 valence electrons. The molecule has 0 unspecified atom stereocenters. The van der Waals surface area contributed by atoms with Gasteiger partial charge < -0.3 is 0 Å². The summed E-state index contributed by atoms with van der Waals surface area (Å²) in [6.45, 7) is 7.71. The number of benzene rings is 1. The van der Waals surface area contributed by atoms with E-state index in [0.717, 1.165) is 16.8 Å². The molecule has 1 heterocycles. The van der Waals surface area contributed by atoms with E-state index in [9.17, 15) is 13.4 Å². The molecule has 1 aliphatic rings. The van der Waals surface area contributed by atoms with Crippen LogP contribution in [0.1, 0.15) is 60.4 Å². The van der Waals surface area contributed by atoms with Gasteiger partial charge in [0.15, 0.2) is 5.01 Å². The van der Waals surface area contributed by atoms with Crippen molar-refractivity contribution in [2.24, 2.45) is 0 Å². The Balaban J connectivity index is 1.81. The fourth-order valence-electron chi connectivity index (χ4n) is 2.99. The molecule has 1 aromatic heterocycles. The van der Waals surface area contributed by atoms with Crippen LogP contribution in [-0.2, 0) is 17.4 Å². The Morgan fingerprint density at radius 2 is 2.07 bits per heavy atom. The van der Waals surface area contributed by atoms with Gasteiger partial charge in [0.2, 0.25) is 5.78 Å². The molecule has 4 nitrogen and oxygen atoms in total. The number of carbonyl (C=O) groups excluding carboxylic acids is 1. The average Bonchev–Trinajstić information content (AvgIpc) is 3.25. The van der Waals surface area contributed by atoms with Crippen LogP contribution in [0.15, 0.2) is 29.7 Å². The van der Waals surface area contributed by atoms with Gasteiger partial charge >= 0.3 is 0 Å². The topological polar surface area (TPSA) is 50.3 Å². The van der Waals surface area contributed by atoms with Crippen LogP contribution in [0.5, 0.6) is 0 Å². The number of carbonyl (C=O) groups is 1. The molecule has 1 aromatic carbocycles. The van der Waals surface area contributed by atoms with E-state index in [1.165, 1.54) is 23.5 Å². The van der Waals surface area contributed by atoms with Crippen LogP contribution >= 0.6 is 11.3 Å². The molecule has 27 heavy (non-hydrogen) atoms. The second-order valence-corrected chi connectivity index (χ2v) is 10.8. The summed E-state index contributed by atoms with van der Waals surface area (Å²) in [4.78, 5) is 17.4. The summed E-state index contributed by atoms with van der Waals surface area (Å²) in [5, 5.41) is 2.24. The SMILES string of the molecule is C[C@@H](c1csc(C(=O)C2=CCc3cc(F)ccc32)n1)N(C)[S@@](=O)C(C)(C)C. The van der Waals surface area contributed by atoms with Crippen molar-refractivity contribution in [1.82, 2.24) is 9.29 Å². The third-order valence-electron chi connectivity index (χ3n) is 4.60. The van der Waals surface area contributed by atoms with Crippen molar-refractivity contribution in [3.63, 3.8) is 0 Å². The number of thiazole rings is 1. The number of nitrogens with zero attached hydrogens (tertiary/aromatic N) is 2. The van der Waals surface area contributed by atoms with E-state index in [0.29, 0.717) is 17.0 Å². The van der Waals surface area contributed by atoms with Crippen molar-refractivity contribution in [3.05, 3.63) is 57.3 Å². The smallest absolute Gasteiger partial charge is 0.221 e. The lowest BCUT2D eigenvalue weighted by atomic mass is 10.0. The summed E-state index contributed by atoms with van der Waals surface area (Å²) >= 11 is 1.29. The first kappa shape index (κ1) is 20.0. The molecule has 0 bridgehead atoms. The fraction of sp³-hybridized carbons (Fsp3) is 0.400. The van der Waals surface area contributed by atoms with Gasteiger partial charge in [-0.05, 0) is 57.4 Å². The molecule has 0 amide bonds. The van der Waals surface area contributed by atoms with Crippen LogP contribution in [-0.4, -0.2) is 31.1 Å². The molecule has 0 radical (unpaired) electrons. The van der Waals surface area contributed by atoms with E-state index in [4.69, 9.17) is 0 Å². The maximum atomic E-state index is 13.4.